The first-order valence-corrected chi connectivity index (χ1v) is 12.6. The number of fused-ring (bicyclic) bond motifs is 6. The fraction of sp³-hybridized carbons (Fsp3) is 1.00. The highest BCUT2D eigenvalue weighted by Crippen LogP contribution is 2.42. The number of nitrogens with zero attached hydrogens (tertiary/aromatic N) is 1. The van der Waals surface area contributed by atoms with Gasteiger partial charge in [-0.05, 0) is 70.1 Å². The van der Waals surface area contributed by atoms with Gasteiger partial charge in [0.15, 0.2) is 0 Å². The number of halogens is 1. The highest BCUT2D eigenvalue weighted by Gasteiger charge is 2.52. The van der Waals surface area contributed by atoms with Crippen molar-refractivity contribution < 1.29 is 18.6 Å². The first-order valence-electron chi connectivity index (χ1n) is 12.6. The summed E-state index contributed by atoms with van der Waals surface area (Å²) in [6.45, 7) is 7.28. The summed E-state index contributed by atoms with van der Waals surface area (Å²) < 4.78 is 33.7. The average Bonchev–Trinajstić information content (AvgIpc) is 3.01. The van der Waals surface area contributed by atoms with Crippen LogP contribution in [0.15, 0.2) is 0 Å². The van der Waals surface area contributed by atoms with Gasteiger partial charge in [-0.15, -0.1) is 0 Å². The van der Waals surface area contributed by atoms with Crippen molar-refractivity contribution in [3.8, 4) is 0 Å². The Balaban J connectivity index is 1.33. The summed E-state index contributed by atoms with van der Waals surface area (Å²) in [5.74, 6) is 1.02. The van der Waals surface area contributed by atoms with Crippen LogP contribution < -0.4 is 5.32 Å². The Morgan fingerprint density at radius 3 is 2.67 bits per heavy atom. The van der Waals surface area contributed by atoms with Gasteiger partial charge in [0.1, 0.15) is 6.17 Å². The molecule has 4 saturated heterocycles. The average molecular weight is 425 g/mol. The van der Waals surface area contributed by atoms with Gasteiger partial charge in [-0.1, -0.05) is 6.42 Å². The van der Waals surface area contributed by atoms with Crippen molar-refractivity contribution in [3.63, 3.8) is 0 Å². The first-order chi connectivity index (χ1) is 14.7. The Morgan fingerprint density at radius 2 is 1.87 bits per heavy atom. The fourth-order valence-corrected chi connectivity index (χ4v) is 7.31. The van der Waals surface area contributed by atoms with Crippen molar-refractivity contribution >= 4 is 0 Å². The van der Waals surface area contributed by atoms with E-state index < -0.39 is 6.17 Å². The summed E-state index contributed by atoms with van der Waals surface area (Å²) in [5, 5.41) is 3.82. The molecule has 0 amide bonds. The number of rotatable bonds is 0. The van der Waals surface area contributed by atoms with Gasteiger partial charge in [-0.2, -0.15) is 0 Å². The fourth-order valence-electron chi connectivity index (χ4n) is 7.31. The summed E-state index contributed by atoms with van der Waals surface area (Å²) in [4.78, 5) is 2.62. The Bertz CT molecular complexity index is 565. The van der Waals surface area contributed by atoms with Crippen molar-refractivity contribution in [2.45, 2.75) is 101 Å². The van der Waals surface area contributed by atoms with Crippen LogP contribution in [0, 0.1) is 11.8 Å². The van der Waals surface area contributed by atoms with E-state index in [9.17, 15) is 4.39 Å². The quantitative estimate of drug-likeness (QED) is 0.646. The maximum Gasteiger partial charge on any atom is 0.126 e. The number of ether oxygens (including phenoxy) is 3. The van der Waals surface area contributed by atoms with E-state index in [0.717, 1.165) is 71.4 Å². The second kappa shape index (κ2) is 9.30. The molecule has 1 spiro atoms. The van der Waals surface area contributed by atoms with Crippen LogP contribution in [0.5, 0.6) is 0 Å². The molecule has 4 aliphatic heterocycles. The summed E-state index contributed by atoms with van der Waals surface area (Å²) in [5.41, 5.74) is 0.00525. The van der Waals surface area contributed by atoms with Crippen molar-refractivity contribution in [1.82, 2.24) is 10.2 Å². The number of morpholine rings is 1. The molecule has 6 rings (SSSR count). The SMILES string of the molecule is C[C@@H]1C[C@@]2(COCCN2)[C@@H]2COC3CCC(CC3)C3CCCC(F)C3OCCCN12. The molecule has 30 heavy (non-hydrogen) atoms. The van der Waals surface area contributed by atoms with E-state index in [4.69, 9.17) is 14.2 Å². The molecular weight excluding hydrogens is 383 g/mol. The number of hydrogen-bond donors (Lipinski definition) is 1. The molecule has 6 heteroatoms. The minimum absolute atomic E-state index is 0.00525. The monoisotopic (exact) mass is 424 g/mol. The highest BCUT2D eigenvalue weighted by atomic mass is 19.1. The smallest absolute Gasteiger partial charge is 0.126 e. The van der Waals surface area contributed by atoms with Gasteiger partial charge in [-0.3, -0.25) is 4.90 Å². The third kappa shape index (κ3) is 4.19. The Labute approximate surface area is 181 Å². The maximum atomic E-state index is 14.8. The van der Waals surface area contributed by atoms with Crippen LogP contribution in [-0.2, 0) is 14.2 Å². The van der Waals surface area contributed by atoms with Crippen molar-refractivity contribution in [3.05, 3.63) is 0 Å². The molecular formula is C24H41FN2O3. The predicted octanol–water partition coefficient (Wildman–Crippen LogP) is 3.31. The molecule has 5 nitrogen and oxygen atoms in total. The van der Waals surface area contributed by atoms with Crippen LogP contribution >= 0.6 is 0 Å². The molecule has 3 unspecified atom stereocenters. The Kier molecular flexibility index (Phi) is 6.69. The third-order valence-corrected chi connectivity index (χ3v) is 8.83. The van der Waals surface area contributed by atoms with E-state index in [1.165, 1.54) is 12.8 Å². The molecule has 0 radical (unpaired) electrons. The van der Waals surface area contributed by atoms with Crippen molar-refractivity contribution in [2.75, 3.05) is 39.5 Å². The zero-order valence-corrected chi connectivity index (χ0v) is 18.7. The van der Waals surface area contributed by atoms with E-state index in [1.807, 2.05) is 0 Å². The van der Waals surface area contributed by atoms with Gasteiger partial charge in [0.2, 0.25) is 0 Å². The maximum absolute atomic E-state index is 14.8. The topological polar surface area (TPSA) is 43.0 Å². The summed E-state index contributed by atoms with van der Waals surface area (Å²) in [6.07, 6.45) is 8.85. The molecule has 2 bridgehead atoms. The normalized spacial score (nSPS) is 48.8. The van der Waals surface area contributed by atoms with E-state index in [1.54, 1.807) is 0 Å². The lowest BCUT2D eigenvalue weighted by atomic mass is 9.71. The van der Waals surface area contributed by atoms with Crippen LogP contribution in [0.2, 0.25) is 0 Å². The molecule has 1 N–H and O–H groups in total. The molecule has 4 heterocycles. The molecule has 0 aromatic carbocycles. The summed E-state index contributed by atoms with van der Waals surface area (Å²) >= 11 is 0. The second-order valence-electron chi connectivity index (χ2n) is 10.6. The lowest BCUT2D eigenvalue weighted by molar-refractivity contribution is -0.0981. The van der Waals surface area contributed by atoms with Crippen LogP contribution in [0.25, 0.3) is 0 Å². The van der Waals surface area contributed by atoms with Crippen molar-refractivity contribution in [2.24, 2.45) is 11.8 Å². The van der Waals surface area contributed by atoms with Gasteiger partial charge >= 0.3 is 0 Å². The Hall–Kier alpha value is -0.270. The zero-order chi connectivity index (χ0) is 20.6. The lowest BCUT2D eigenvalue weighted by Crippen LogP contribution is -2.63. The molecule has 6 aliphatic rings. The number of nitrogens with one attached hydrogen (secondary N) is 1. The number of alkyl halides is 1. The molecule has 6 fully saturated rings. The van der Waals surface area contributed by atoms with Crippen LogP contribution in [-0.4, -0.2) is 80.4 Å². The largest absolute Gasteiger partial charge is 0.378 e. The lowest BCUT2D eigenvalue weighted by Gasteiger charge is -2.44. The van der Waals surface area contributed by atoms with Gasteiger partial charge < -0.3 is 19.5 Å². The number of hydrogen-bond acceptors (Lipinski definition) is 5. The van der Waals surface area contributed by atoms with Crippen LogP contribution in [0.4, 0.5) is 4.39 Å². The minimum Gasteiger partial charge on any atom is -0.378 e. The van der Waals surface area contributed by atoms with E-state index >= 15 is 0 Å². The van der Waals surface area contributed by atoms with Gasteiger partial charge in [-0.25, -0.2) is 4.39 Å². The highest BCUT2D eigenvalue weighted by molar-refractivity contribution is 5.10. The van der Waals surface area contributed by atoms with E-state index in [-0.39, 0.29) is 11.6 Å². The van der Waals surface area contributed by atoms with Crippen LogP contribution in [0.3, 0.4) is 0 Å². The van der Waals surface area contributed by atoms with Gasteiger partial charge in [0.05, 0.1) is 43.6 Å². The minimum atomic E-state index is -0.782. The third-order valence-electron chi connectivity index (χ3n) is 8.83. The summed E-state index contributed by atoms with van der Waals surface area (Å²) in [6, 6.07) is 0.831. The zero-order valence-electron chi connectivity index (χ0n) is 18.7. The summed E-state index contributed by atoms with van der Waals surface area (Å²) in [7, 11) is 0. The van der Waals surface area contributed by atoms with Gasteiger partial charge in [0.25, 0.3) is 0 Å². The van der Waals surface area contributed by atoms with Crippen molar-refractivity contribution in [1.29, 1.82) is 0 Å². The second-order valence-corrected chi connectivity index (χ2v) is 10.6. The molecule has 6 atom stereocenters. The molecule has 0 aromatic rings. The Morgan fingerprint density at radius 1 is 1.00 bits per heavy atom. The van der Waals surface area contributed by atoms with Crippen LogP contribution in [0.1, 0.15) is 64.7 Å². The van der Waals surface area contributed by atoms with E-state index in [0.29, 0.717) is 43.1 Å². The molecule has 0 aromatic heterocycles. The molecule has 2 aliphatic carbocycles. The van der Waals surface area contributed by atoms with Gasteiger partial charge in [0, 0.05) is 25.7 Å². The standard InChI is InChI=1S/C24H41FN2O3/c1-17-14-24(16-28-13-10-26-24)22-15-30-19-8-6-18(7-9-19)20-4-2-5-21(25)23(20)29-12-3-11-27(17)22/h17-23,26H,2-16H2,1H3/t17-,18?,19?,20?,21?,22+,23?,24-/m1/s1. The van der Waals surface area contributed by atoms with E-state index in [2.05, 4.69) is 17.1 Å². The molecule has 2 saturated carbocycles. The predicted molar refractivity (Wildman–Crippen MR) is 114 cm³/mol. The first kappa shape index (κ1) is 21.6. The molecule has 172 valence electrons.